The fraction of sp³-hybridized carbons (Fsp3) is 0.900. The van der Waals surface area contributed by atoms with Crippen LogP contribution in [-0.4, -0.2) is 56.7 Å². The summed E-state index contributed by atoms with van der Waals surface area (Å²) in [6.45, 7) is 3.34. The van der Waals surface area contributed by atoms with E-state index < -0.39 is 0 Å². The first kappa shape index (κ1) is 12.4. The first-order valence-corrected chi connectivity index (χ1v) is 5.48. The van der Waals surface area contributed by atoms with Gasteiger partial charge in [-0.15, -0.1) is 0 Å². The number of methoxy groups -OCH3 is 1. The number of amides is 1. The van der Waals surface area contributed by atoms with E-state index in [4.69, 9.17) is 10.5 Å². The van der Waals surface area contributed by atoms with Crippen molar-refractivity contribution in [2.75, 3.05) is 39.8 Å². The van der Waals surface area contributed by atoms with Gasteiger partial charge in [-0.05, 0) is 19.4 Å². The van der Waals surface area contributed by atoms with Gasteiger partial charge < -0.3 is 15.8 Å². The summed E-state index contributed by atoms with van der Waals surface area (Å²) >= 11 is 0. The van der Waals surface area contributed by atoms with Crippen molar-refractivity contribution in [2.24, 2.45) is 5.73 Å². The minimum Gasteiger partial charge on any atom is -0.380 e. The van der Waals surface area contributed by atoms with Crippen LogP contribution in [0.15, 0.2) is 0 Å². The summed E-state index contributed by atoms with van der Waals surface area (Å²) in [4.78, 5) is 13.5. The molecule has 88 valence electrons. The third-order valence-corrected chi connectivity index (χ3v) is 2.63. The average Bonchev–Trinajstić information content (AvgIpc) is 2.26. The summed E-state index contributed by atoms with van der Waals surface area (Å²) in [5.74, 6) is 0.0530. The van der Waals surface area contributed by atoms with E-state index in [1.165, 1.54) is 0 Å². The Bertz CT molecular complexity index is 199. The largest absolute Gasteiger partial charge is 0.380 e. The van der Waals surface area contributed by atoms with Gasteiger partial charge in [0.05, 0.1) is 12.6 Å². The zero-order chi connectivity index (χ0) is 11.1. The van der Waals surface area contributed by atoms with Crippen molar-refractivity contribution in [3.05, 3.63) is 0 Å². The third kappa shape index (κ3) is 4.59. The molecule has 0 bridgehead atoms. The second-order valence-corrected chi connectivity index (χ2v) is 3.87. The van der Waals surface area contributed by atoms with Crippen LogP contribution in [0.2, 0.25) is 0 Å². The van der Waals surface area contributed by atoms with Crippen molar-refractivity contribution >= 4 is 5.91 Å². The van der Waals surface area contributed by atoms with E-state index >= 15 is 0 Å². The molecule has 1 amide bonds. The summed E-state index contributed by atoms with van der Waals surface area (Å²) in [6, 6.07) is 0. The molecule has 0 spiro atoms. The van der Waals surface area contributed by atoms with Crippen molar-refractivity contribution in [3.8, 4) is 0 Å². The Balaban J connectivity index is 2.22. The van der Waals surface area contributed by atoms with Gasteiger partial charge >= 0.3 is 0 Å². The zero-order valence-corrected chi connectivity index (χ0v) is 9.37. The summed E-state index contributed by atoms with van der Waals surface area (Å²) in [7, 11) is 1.72. The van der Waals surface area contributed by atoms with Crippen LogP contribution in [-0.2, 0) is 9.53 Å². The summed E-state index contributed by atoms with van der Waals surface area (Å²) in [6.07, 6.45) is 2.47. The number of rotatable bonds is 5. The lowest BCUT2D eigenvalue weighted by molar-refractivity contribution is -0.123. The number of hydrogen-bond donors (Lipinski definition) is 2. The molecule has 0 aromatic rings. The maximum atomic E-state index is 11.4. The molecule has 0 aromatic carbocycles. The molecular weight excluding hydrogens is 194 g/mol. The Morgan fingerprint density at radius 1 is 1.67 bits per heavy atom. The molecule has 5 heteroatoms. The van der Waals surface area contributed by atoms with Crippen LogP contribution in [0.5, 0.6) is 0 Å². The second kappa shape index (κ2) is 6.76. The standard InChI is InChI=1S/C10H21N3O2/c1-15-9-3-2-6-13(7-9)8-10(14)12-5-4-11/h9H,2-8,11H2,1H3,(H,12,14). The zero-order valence-electron chi connectivity index (χ0n) is 9.37. The van der Waals surface area contributed by atoms with Crippen LogP contribution in [0, 0.1) is 0 Å². The van der Waals surface area contributed by atoms with Gasteiger partial charge in [0, 0.05) is 26.7 Å². The number of carbonyl (C=O) groups excluding carboxylic acids is 1. The van der Waals surface area contributed by atoms with Gasteiger partial charge in [0.25, 0.3) is 0 Å². The molecule has 1 atom stereocenters. The Morgan fingerprint density at radius 3 is 3.13 bits per heavy atom. The molecule has 1 unspecified atom stereocenters. The third-order valence-electron chi connectivity index (χ3n) is 2.63. The first-order valence-electron chi connectivity index (χ1n) is 5.48. The Kier molecular flexibility index (Phi) is 5.60. The van der Waals surface area contributed by atoms with Crippen molar-refractivity contribution in [1.29, 1.82) is 0 Å². The Labute approximate surface area is 90.9 Å². The SMILES string of the molecule is COC1CCCN(CC(=O)NCCN)C1. The predicted molar refractivity (Wildman–Crippen MR) is 58.5 cm³/mol. The van der Waals surface area contributed by atoms with Crippen molar-refractivity contribution in [1.82, 2.24) is 10.2 Å². The van der Waals surface area contributed by atoms with Crippen molar-refractivity contribution < 1.29 is 9.53 Å². The Morgan fingerprint density at radius 2 is 2.47 bits per heavy atom. The van der Waals surface area contributed by atoms with Crippen LogP contribution in [0.4, 0.5) is 0 Å². The quantitative estimate of drug-likeness (QED) is 0.628. The molecule has 0 aromatic heterocycles. The number of carbonyl (C=O) groups is 1. The fourth-order valence-electron chi connectivity index (χ4n) is 1.82. The van der Waals surface area contributed by atoms with Gasteiger partial charge in [-0.25, -0.2) is 0 Å². The maximum absolute atomic E-state index is 11.4. The summed E-state index contributed by atoms with van der Waals surface area (Å²) in [5.41, 5.74) is 5.31. The molecule has 1 rings (SSSR count). The number of hydrogen-bond acceptors (Lipinski definition) is 4. The van der Waals surface area contributed by atoms with E-state index in [0.717, 1.165) is 25.9 Å². The van der Waals surface area contributed by atoms with Crippen LogP contribution in [0.3, 0.4) is 0 Å². The number of nitrogens with one attached hydrogen (secondary N) is 1. The lowest BCUT2D eigenvalue weighted by Gasteiger charge is -2.31. The Hall–Kier alpha value is -0.650. The molecule has 15 heavy (non-hydrogen) atoms. The summed E-state index contributed by atoms with van der Waals surface area (Å²) in [5, 5.41) is 2.77. The predicted octanol–water partition coefficient (Wildman–Crippen LogP) is -0.828. The van der Waals surface area contributed by atoms with Crippen LogP contribution >= 0.6 is 0 Å². The normalized spacial score (nSPS) is 22.7. The number of nitrogens with two attached hydrogens (primary N) is 1. The molecule has 5 nitrogen and oxygen atoms in total. The van der Waals surface area contributed by atoms with Gasteiger partial charge in [0.1, 0.15) is 0 Å². The molecule has 1 heterocycles. The van der Waals surface area contributed by atoms with E-state index in [1.54, 1.807) is 7.11 Å². The van der Waals surface area contributed by atoms with Gasteiger partial charge in [0.15, 0.2) is 0 Å². The first-order chi connectivity index (χ1) is 7.26. The molecule has 1 saturated heterocycles. The van der Waals surface area contributed by atoms with Crippen LogP contribution in [0.1, 0.15) is 12.8 Å². The molecule has 1 aliphatic heterocycles. The van der Waals surface area contributed by atoms with E-state index in [9.17, 15) is 4.79 Å². The van der Waals surface area contributed by atoms with Crippen molar-refractivity contribution in [3.63, 3.8) is 0 Å². The lowest BCUT2D eigenvalue weighted by atomic mass is 10.1. The molecule has 0 radical (unpaired) electrons. The van der Waals surface area contributed by atoms with E-state index in [1.807, 2.05) is 0 Å². The monoisotopic (exact) mass is 215 g/mol. The van der Waals surface area contributed by atoms with Crippen molar-refractivity contribution in [2.45, 2.75) is 18.9 Å². The maximum Gasteiger partial charge on any atom is 0.234 e. The molecule has 1 aliphatic rings. The number of nitrogens with zero attached hydrogens (tertiary/aromatic N) is 1. The average molecular weight is 215 g/mol. The fourth-order valence-corrected chi connectivity index (χ4v) is 1.82. The number of piperidine rings is 1. The second-order valence-electron chi connectivity index (χ2n) is 3.87. The minimum absolute atomic E-state index is 0.0530. The van der Waals surface area contributed by atoms with E-state index in [0.29, 0.717) is 19.6 Å². The smallest absolute Gasteiger partial charge is 0.234 e. The van der Waals surface area contributed by atoms with E-state index in [-0.39, 0.29) is 12.0 Å². The molecule has 1 fully saturated rings. The van der Waals surface area contributed by atoms with Crippen LogP contribution < -0.4 is 11.1 Å². The molecule has 3 N–H and O–H groups in total. The summed E-state index contributed by atoms with van der Waals surface area (Å²) < 4.78 is 5.29. The highest BCUT2D eigenvalue weighted by atomic mass is 16.5. The topological polar surface area (TPSA) is 67.6 Å². The van der Waals surface area contributed by atoms with Gasteiger partial charge in [-0.2, -0.15) is 0 Å². The van der Waals surface area contributed by atoms with Gasteiger partial charge in [-0.3, -0.25) is 9.69 Å². The highest BCUT2D eigenvalue weighted by Gasteiger charge is 2.20. The molecule has 0 saturated carbocycles. The molecular formula is C10H21N3O2. The van der Waals surface area contributed by atoms with E-state index in [2.05, 4.69) is 10.2 Å². The highest BCUT2D eigenvalue weighted by molar-refractivity contribution is 5.78. The number of ether oxygens (including phenoxy) is 1. The van der Waals surface area contributed by atoms with Crippen LogP contribution in [0.25, 0.3) is 0 Å². The van der Waals surface area contributed by atoms with Gasteiger partial charge in [0.2, 0.25) is 5.91 Å². The lowest BCUT2D eigenvalue weighted by Crippen LogP contribution is -2.45. The molecule has 0 aliphatic carbocycles. The van der Waals surface area contributed by atoms with Gasteiger partial charge in [-0.1, -0.05) is 0 Å². The highest BCUT2D eigenvalue weighted by Crippen LogP contribution is 2.11. The minimum atomic E-state index is 0.0530. The number of likely N-dealkylation sites (tertiary alicyclic amines) is 1.